The normalized spacial score (nSPS) is 29.9. The summed E-state index contributed by atoms with van der Waals surface area (Å²) in [6.07, 6.45) is 1.42. The molecule has 3 nitrogen and oxygen atoms in total. The van der Waals surface area contributed by atoms with Crippen molar-refractivity contribution in [2.75, 3.05) is 13.2 Å². The summed E-state index contributed by atoms with van der Waals surface area (Å²) in [4.78, 5) is 11.9. The molecule has 0 aromatic carbocycles. The molecule has 1 aliphatic heterocycles. The van der Waals surface area contributed by atoms with Gasteiger partial charge in [0.05, 0.1) is 18.6 Å². The zero-order chi connectivity index (χ0) is 10.4. The van der Waals surface area contributed by atoms with E-state index in [2.05, 4.69) is 6.58 Å². The molecule has 78 valence electrons. The monoisotopic (exact) mass is 196 g/mol. The summed E-state index contributed by atoms with van der Waals surface area (Å²) in [7, 11) is 0. The van der Waals surface area contributed by atoms with Crippen LogP contribution in [0.25, 0.3) is 0 Å². The van der Waals surface area contributed by atoms with Crippen molar-refractivity contribution in [1.82, 2.24) is 0 Å². The van der Waals surface area contributed by atoms with Crippen molar-refractivity contribution in [3.63, 3.8) is 0 Å². The van der Waals surface area contributed by atoms with Gasteiger partial charge in [-0.1, -0.05) is 6.58 Å². The number of carbonyl (C=O) groups excluding carboxylic acids is 1. The molecule has 0 aromatic rings. The van der Waals surface area contributed by atoms with Crippen LogP contribution in [0.4, 0.5) is 0 Å². The molecule has 0 amide bonds. The average Bonchev–Trinajstić information content (AvgIpc) is 2.60. The first-order chi connectivity index (χ1) is 6.50. The number of allylic oxidation sites excluding steroid dienone is 1. The Labute approximate surface area is 84.1 Å². The molecule has 0 atom stereocenters. The van der Waals surface area contributed by atoms with Crippen LogP contribution in [0.15, 0.2) is 12.2 Å². The van der Waals surface area contributed by atoms with Gasteiger partial charge in [-0.15, -0.1) is 0 Å². The Kier molecular flexibility index (Phi) is 2.05. The van der Waals surface area contributed by atoms with Crippen molar-refractivity contribution in [2.24, 2.45) is 5.41 Å². The topological polar surface area (TPSA) is 35.5 Å². The minimum atomic E-state index is -0.689. The SMILES string of the molecule is C=C1CCC2(OCCO2)C(C)(C)C1=O. The molecular weight excluding hydrogens is 180 g/mol. The van der Waals surface area contributed by atoms with Crippen molar-refractivity contribution in [1.29, 1.82) is 0 Å². The molecule has 1 spiro atoms. The van der Waals surface area contributed by atoms with Gasteiger partial charge in [-0.2, -0.15) is 0 Å². The van der Waals surface area contributed by atoms with Crippen LogP contribution in [-0.2, 0) is 14.3 Å². The summed E-state index contributed by atoms with van der Waals surface area (Å²) < 4.78 is 11.3. The molecule has 1 saturated carbocycles. The number of rotatable bonds is 0. The van der Waals surface area contributed by atoms with Crippen LogP contribution in [0, 0.1) is 5.41 Å². The van der Waals surface area contributed by atoms with E-state index in [0.717, 1.165) is 6.42 Å². The second kappa shape index (κ2) is 2.91. The van der Waals surface area contributed by atoms with Crippen LogP contribution in [0.1, 0.15) is 26.7 Å². The van der Waals surface area contributed by atoms with Gasteiger partial charge in [-0.3, -0.25) is 4.79 Å². The first-order valence-corrected chi connectivity index (χ1v) is 5.00. The van der Waals surface area contributed by atoms with Crippen LogP contribution >= 0.6 is 0 Å². The van der Waals surface area contributed by atoms with Gasteiger partial charge in [0.15, 0.2) is 11.6 Å². The number of ether oxygens (including phenoxy) is 2. The number of carbonyl (C=O) groups is 1. The first kappa shape index (κ1) is 9.87. The maximum Gasteiger partial charge on any atom is 0.181 e. The summed E-state index contributed by atoms with van der Waals surface area (Å²) in [5, 5.41) is 0. The Bertz CT molecular complexity index is 285. The number of ketones is 1. The van der Waals surface area contributed by atoms with Gasteiger partial charge in [0.2, 0.25) is 0 Å². The van der Waals surface area contributed by atoms with Crippen LogP contribution in [0.2, 0.25) is 0 Å². The van der Waals surface area contributed by atoms with Gasteiger partial charge in [-0.05, 0) is 25.8 Å². The molecule has 0 radical (unpaired) electrons. The average molecular weight is 196 g/mol. The number of hydrogen-bond acceptors (Lipinski definition) is 3. The molecule has 1 saturated heterocycles. The molecule has 0 aromatic heterocycles. The Morgan fingerprint density at radius 3 is 2.43 bits per heavy atom. The maximum absolute atomic E-state index is 11.9. The molecule has 1 heterocycles. The lowest BCUT2D eigenvalue weighted by Gasteiger charge is -2.44. The molecule has 14 heavy (non-hydrogen) atoms. The van der Waals surface area contributed by atoms with E-state index in [9.17, 15) is 4.79 Å². The van der Waals surface area contributed by atoms with E-state index in [1.165, 1.54) is 0 Å². The minimum absolute atomic E-state index is 0.0747. The van der Waals surface area contributed by atoms with Gasteiger partial charge in [0.25, 0.3) is 0 Å². The fraction of sp³-hybridized carbons (Fsp3) is 0.727. The fourth-order valence-corrected chi connectivity index (χ4v) is 2.32. The van der Waals surface area contributed by atoms with Gasteiger partial charge in [0.1, 0.15) is 0 Å². The standard InChI is InChI=1S/C11H16O3/c1-8-4-5-11(13-6-7-14-11)10(2,3)9(8)12/h1,4-7H2,2-3H3. The maximum atomic E-state index is 11.9. The van der Waals surface area contributed by atoms with Crippen LogP contribution in [-0.4, -0.2) is 24.8 Å². The highest BCUT2D eigenvalue weighted by atomic mass is 16.7. The smallest absolute Gasteiger partial charge is 0.181 e. The van der Waals surface area contributed by atoms with Crippen LogP contribution < -0.4 is 0 Å². The van der Waals surface area contributed by atoms with Crippen molar-refractivity contribution < 1.29 is 14.3 Å². The van der Waals surface area contributed by atoms with Crippen molar-refractivity contribution in [3.8, 4) is 0 Å². The Morgan fingerprint density at radius 2 is 1.86 bits per heavy atom. The second-order valence-corrected chi connectivity index (χ2v) is 4.51. The highest BCUT2D eigenvalue weighted by Crippen LogP contribution is 2.47. The van der Waals surface area contributed by atoms with Gasteiger partial charge >= 0.3 is 0 Å². The predicted octanol–water partition coefficient (Wildman–Crippen LogP) is 1.67. The van der Waals surface area contributed by atoms with E-state index < -0.39 is 11.2 Å². The lowest BCUT2D eigenvalue weighted by molar-refractivity contribution is -0.231. The molecule has 3 heteroatoms. The third-order valence-electron chi connectivity index (χ3n) is 3.35. The summed E-state index contributed by atoms with van der Waals surface area (Å²) in [6, 6.07) is 0. The molecule has 2 fully saturated rings. The largest absolute Gasteiger partial charge is 0.346 e. The van der Waals surface area contributed by atoms with E-state index in [0.29, 0.717) is 25.2 Å². The molecule has 2 rings (SSSR count). The quantitative estimate of drug-likeness (QED) is 0.553. The van der Waals surface area contributed by atoms with Crippen molar-refractivity contribution >= 4 is 5.78 Å². The van der Waals surface area contributed by atoms with Crippen molar-refractivity contribution in [3.05, 3.63) is 12.2 Å². The molecule has 0 N–H and O–H groups in total. The fourth-order valence-electron chi connectivity index (χ4n) is 2.32. The Balaban J connectivity index is 2.36. The zero-order valence-electron chi connectivity index (χ0n) is 8.76. The van der Waals surface area contributed by atoms with E-state index in [1.54, 1.807) is 0 Å². The predicted molar refractivity (Wildman–Crippen MR) is 51.8 cm³/mol. The van der Waals surface area contributed by atoms with E-state index >= 15 is 0 Å². The highest BCUT2D eigenvalue weighted by molar-refractivity contribution is 6.00. The molecule has 1 aliphatic carbocycles. The third kappa shape index (κ3) is 1.09. The van der Waals surface area contributed by atoms with E-state index in [1.807, 2.05) is 13.8 Å². The second-order valence-electron chi connectivity index (χ2n) is 4.51. The van der Waals surface area contributed by atoms with E-state index in [4.69, 9.17) is 9.47 Å². The molecular formula is C11H16O3. The lowest BCUT2D eigenvalue weighted by Crippen LogP contribution is -2.53. The van der Waals surface area contributed by atoms with Crippen LogP contribution in [0.3, 0.4) is 0 Å². The minimum Gasteiger partial charge on any atom is -0.346 e. The zero-order valence-corrected chi connectivity index (χ0v) is 8.76. The molecule has 0 unspecified atom stereocenters. The Morgan fingerprint density at radius 1 is 1.29 bits per heavy atom. The molecule has 0 bridgehead atoms. The number of hydrogen-bond donors (Lipinski definition) is 0. The Hall–Kier alpha value is -0.670. The first-order valence-electron chi connectivity index (χ1n) is 5.00. The van der Waals surface area contributed by atoms with Gasteiger partial charge in [-0.25, -0.2) is 0 Å². The third-order valence-corrected chi connectivity index (χ3v) is 3.35. The van der Waals surface area contributed by atoms with Gasteiger partial charge in [0, 0.05) is 6.42 Å². The van der Waals surface area contributed by atoms with E-state index in [-0.39, 0.29) is 5.78 Å². The number of Topliss-reactive ketones (excluding diaryl/α,β-unsaturated/α-hetero) is 1. The van der Waals surface area contributed by atoms with Gasteiger partial charge < -0.3 is 9.47 Å². The van der Waals surface area contributed by atoms with Crippen molar-refractivity contribution in [2.45, 2.75) is 32.5 Å². The summed E-state index contributed by atoms with van der Waals surface area (Å²) in [5.74, 6) is -0.615. The van der Waals surface area contributed by atoms with Crippen LogP contribution in [0.5, 0.6) is 0 Å². The lowest BCUT2D eigenvalue weighted by atomic mass is 9.69. The summed E-state index contributed by atoms with van der Waals surface area (Å²) in [5.41, 5.74) is 0.0958. The highest BCUT2D eigenvalue weighted by Gasteiger charge is 2.56. The molecule has 2 aliphatic rings. The summed E-state index contributed by atoms with van der Waals surface area (Å²) >= 11 is 0. The summed E-state index contributed by atoms with van der Waals surface area (Å²) in [6.45, 7) is 8.72.